The minimum atomic E-state index is 0.208. The lowest BCUT2D eigenvalue weighted by molar-refractivity contribution is 0.324. The molecule has 2 aromatic rings. The largest absolute Gasteiger partial charge is 0.317 e. The summed E-state index contributed by atoms with van der Waals surface area (Å²) in [6, 6.07) is 6.52. The van der Waals surface area contributed by atoms with Gasteiger partial charge in [0.1, 0.15) is 0 Å². The van der Waals surface area contributed by atoms with Gasteiger partial charge >= 0.3 is 0 Å². The summed E-state index contributed by atoms with van der Waals surface area (Å²) in [5.74, 6) is 0. The van der Waals surface area contributed by atoms with Crippen LogP contribution >= 0.6 is 15.9 Å². The Labute approximate surface area is 134 Å². The lowest BCUT2D eigenvalue weighted by Gasteiger charge is -2.35. The molecule has 0 saturated carbocycles. The third kappa shape index (κ3) is 2.79. The van der Waals surface area contributed by atoms with Gasteiger partial charge in [0.25, 0.3) is 0 Å². The maximum absolute atomic E-state index is 4.45. The smallest absolute Gasteiger partial charge is 0.0994 e. The number of piperidine rings is 1. The predicted molar refractivity (Wildman–Crippen MR) is 90.1 cm³/mol. The average molecular weight is 348 g/mol. The molecule has 1 aromatic carbocycles. The highest BCUT2D eigenvalue weighted by atomic mass is 79.9. The first-order valence-electron chi connectivity index (χ1n) is 7.66. The Morgan fingerprint density at radius 2 is 2.10 bits per heavy atom. The van der Waals surface area contributed by atoms with Crippen LogP contribution in [-0.4, -0.2) is 22.6 Å². The number of imidazole rings is 1. The number of aryl methyl sites for hydroxylation is 1. The molecular formula is C17H22BrN3. The molecule has 3 nitrogen and oxygen atoms in total. The van der Waals surface area contributed by atoms with Crippen LogP contribution in [-0.2, 0) is 11.8 Å². The van der Waals surface area contributed by atoms with E-state index in [1.807, 2.05) is 12.5 Å². The number of nitrogens with zero attached hydrogens (tertiary/aromatic N) is 2. The van der Waals surface area contributed by atoms with Crippen molar-refractivity contribution in [2.75, 3.05) is 13.1 Å². The van der Waals surface area contributed by atoms with E-state index in [4.69, 9.17) is 0 Å². The summed E-state index contributed by atoms with van der Waals surface area (Å²) in [5.41, 5.74) is 4.15. The minimum Gasteiger partial charge on any atom is -0.317 e. The van der Waals surface area contributed by atoms with Crippen LogP contribution in [0.25, 0.3) is 5.69 Å². The monoisotopic (exact) mass is 347 g/mol. The van der Waals surface area contributed by atoms with E-state index >= 15 is 0 Å². The first-order chi connectivity index (χ1) is 10.1. The maximum Gasteiger partial charge on any atom is 0.0994 e. The summed E-state index contributed by atoms with van der Waals surface area (Å²) < 4.78 is 3.43. The van der Waals surface area contributed by atoms with E-state index < -0.39 is 0 Å². The number of nitrogens with one attached hydrogen (secondary N) is 1. The summed E-state index contributed by atoms with van der Waals surface area (Å²) in [7, 11) is 0. The molecule has 0 aliphatic carbocycles. The third-order valence-electron chi connectivity index (χ3n) is 4.65. The Morgan fingerprint density at radius 1 is 1.33 bits per heavy atom. The lowest BCUT2D eigenvalue weighted by Crippen LogP contribution is -2.38. The van der Waals surface area contributed by atoms with Crippen molar-refractivity contribution in [2.45, 2.75) is 38.5 Å². The Balaban J connectivity index is 2.07. The molecule has 0 radical (unpaired) electrons. The first-order valence-corrected chi connectivity index (χ1v) is 8.46. The molecule has 1 fully saturated rings. The van der Waals surface area contributed by atoms with Crippen LogP contribution in [0, 0.1) is 0 Å². The van der Waals surface area contributed by atoms with Crippen molar-refractivity contribution >= 4 is 15.9 Å². The molecule has 1 aromatic heterocycles. The molecule has 0 spiro atoms. The summed E-state index contributed by atoms with van der Waals surface area (Å²) in [6.07, 6.45) is 7.36. The molecule has 0 unspecified atom stereocenters. The Kier molecular flexibility index (Phi) is 4.18. The fraction of sp³-hybridized carbons (Fsp3) is 0.471. The van der Waals surface area contributed by atoms with Gasteiger partial charge in [-0.05, 0) is 56.1 Å². The SMILES string of the molecule is CCc1cc(Br)ccc1-n1cncc1C1(C)CCNCC1. The number of hydrogen-bond donors (Lipinski definition) is 1. The zero-order valence-corrected chi connectivity index (χ0v) is 14.3. The van der Waals surface area contributed by atoms with Crippen LogP contribution in [0.3, 0.4) is 0 Å². The van der Waals surface area contributed by atoms with Crippen LogP contribution in [0.2, 0.25) is 0 Å². The zero-order chi connectivity index (χ0) is 14.9. The van der Waals surface area contributed by atoms with E-state index in [2.05, 4.69) is 62.8 Å². The van der Waals surface area contributed by atoms with E-state index in [-0.39, 0.29) is 5.41 Å². The summed E-state index contributed by atoms with van der Waals surface area (Å²) in [6.45, 7) is 6.74. The highest BCUT2D eigenvalue weighted by Gasteiger charge is 2.32. The van der Waals surface area contributed by atoms with Crippen molar-refractivity contribution in [1.82, 2.24) is 14.9 Å². The molecule has 1 N–H and O–H groups in total. The van der Waals surface area contributed by atoms with E-state index in [1.54, 1.807) is 0 Å². The highest BCUT2D eigenvalue weighted by Crippen LogP contribution is 2.34. The van der Waals surface area contributed by atoms with Gasteiger partial charge in [-0.2, -0.15) is 0 Å². The fourth-order valence-corrected chi connectivity index (χ4v) is 3.65. The molecular weight excluding hydrogens is 326 g/mol. The average Bonchev–Trinajstić information content (AvgIpc) is 2.98. The first kappa shape index (κ1) is 14.8. The Hall–Kier alpha value is -1.13. The van der Waals surface area contributed by atoms with Gasteiger partial charge < -0.3 is 9.88 Å². The summed E-state index contributed by atoms with van der Waals surface area (Å²) in [4.78, 5) is 4.45. The fourth-order valence-electron chi connectivity index (χ4n) is 3.24. The molecule has 21 heavy (non-hydrogen) atoms. The van der Waals surface area contributed by atoms with Crippen molar-refractivity contribution in [2.24, 2.45) is 0 Å². The van der Waals surface area contributed by atoms with Gasteiger partial charge in [0.15, 0.2) is 0 Å². The number of benzene rings is 1. The summed E-state index contributed by atoms with van der Waals surface area (Å²) >= 11 is 3.57. The van der Waals surface area contributed by atoms with Crippen LogP contribution < -0.4 is 5.32 Å². The van der Waals surface area contributed by atoms with Crippen molar-refractivity contribution in [3.63, 3.8) is 0 Å². The number of hydrogen-bond acceptors (Lipinski definition) is 2. The quantitative estimate of drug-likeness (QED) is 0.913. The van der Waals surface area contributed by atoms with Gasteiger partial charge in [-0.3, -0.25) is 0 Å². The molecule has 1 saturated heterocycles. The lowest BCUT2D eigenvalue weighted by atomic mass is 9.78. The molecule has 1 aliphatic heterocycles. The molecule has 0 bridgehead atoms. The molecule has 0 amide bonds. The topological polar surface area (TPSA) is 29.9 Å². The van der Waals surface area contributed by atoms with Gasteiger partial charge in [0.2, 0.25) is 0 Å². The molecule has 4 heteroatoms. The van der Waals surface area contributed by atoms with Gasteiger partial charge in [-0.25, -0.2) is 4.98 Å². The maximum atomic E-state index is 4.45. The van der Waals surface area contributed by atoms with Crippen LogP contribution in [0.15, 0.2) is 35.2 Å². The zero-order valence-electron chi connectivity index (χ0n) is 12.7. The highest BCUT2D eigenvalue weighted by molar-refractivity contribution is 9.10. The summed E-state index contributed by atoms with van der Waals surface area (Å²) in [5, 5.41) is 3.46. The van der Waals surface area contributed by atoms with Gasteiger partial charge in [-0.1, -0.05) is 29.8 Å². The molecule has 1 aliphatic rings. The van der Waals surface area contributed by atoms with Gasteiger partial charge in [-0.15, -0.1) is 0 Å². The van der Waals surface area contributed by atoms with E-state index in [9.17, 15) is 0 Å². The second kappa shape index (κ2) is 5.93. The second-order valence-corrected chi connectivity index (χ2v) is 7.00. The van der Waals surface area contributed by atoms with Crippen molar-refractivity contribution in [3.05, 3.63) is 46.5 Å². The van der Waals surface area contributed by atoms with Crippen molar-refractivity contribution < 1.29 is 0 Å². The standard InChI is InChI=1S/C17H22BrN3/c1-3-13-10-14(18)4-5-15(13)21-12-20-11-16(21)17(2)6-8-19-9-7-17/h4-5,10-12,19H,3,6-9H2,1-2H3. The van der Waals surface area contributed by atoms with E-state index in [1.165, 1.54) is 16.9 Å². The number of aromatic nitrogens is 2. The minimum absolute atomic E-state index is 0.208. The van der Waals surface area contributed by atoms with Crippen molar-refractivity contribution in [3.8, 4) is 5.69 Å². The Morgan fingerprint density at radius 3 is 2.81 bits per heavy atom. The number of halogens is 1. The van der Waals surface area contributed by atoms with Crippen LogP contribution in [0.1, 0.15) is 37.9 Å². The van der Waals surface area contributed by atoms with Crippen LogP contribution in [0.4, 0.5) is 0 Å². The van der Waals surface area contributed by atoms with E-state index in [0.717, 1.165) is 36.8 Å². The van der Waals surface area contributed by atoms with E-state index in [0.29, 0.717) is 0 Å². The third-order valence-corrected chi connectivity index (χ3v) is 5.14. The van der Waals surface area contributed by atoms with Crippen molar-refractivity contribution in [1.29, 1.82) is 0 Å². The molecule has 3 rings (SSSR count). The normalized spacial score (nSPS) is 17.9. The number of rotatable bonds is 3. The van der Waals surface area contributed by atoms with Gasteiger partial charge in [0, 0.05) is 21.8 Å². The van der Waals surface area contributed by atoms with Gasteiger partial charge in [0.05, 0.1) is 12.0 Å². The van der Waals surface area contributed by atoms with Crippen LogP contribution in [0.5, 0.6) is 0 Å². The predicted octanol–water partition coefficient (Wildman–Crippen LogP) is 3.84. The Bertz CT molecular complexity index is 627. The molecule has 112 valence electrons. The molecule has 0 atom stereocenters. The molecule has 2 heterocycles. The second-order valence-electron chi connectivity index (χ2n) is 6.09.